The Kier molecular flexibility index (Phi) is 13.1. The van der Waals surface area contributed by atoms with E-state index in [-0.39, 0.29) is 67.5 Å². The lowest BCUT2D eigenvalue weighted by Crippen LogP contribution is -2.58. The maximum absolute atomic E-state index is 14.2. The molecule has 17 nitrogen and oxygen atoms in total. The number of piperazine rings is 1. The molecule has 2 aromatic carbocycles. The van der Waals surface area contributed by atoms with Crippen LogP contribution in [0.5, 0.6) is 5.75 Å². The van der Waals surface area contributed by atoms with Crippen LogP contribution in [0.25, 0.3) is 21.7 Å². The second-order valence-corrected chi connectivity index (χ2v) is 20.3. The zero-order chi connectivity index (χ0) is 47.0. The number of aliphatic hydroxyl groups is 1. The van der Waals surface area contributed by atoms with Crippen molar-refractivity contribution in [3.8, 4) is 27.4 Å². The molecule has 5 atom stereocenters. The third kappa shape index (κ3) is 9.92. The number of β-amino-alcohol motifs (C(OH)–C–C–N with tert-alkyl or cyclic N) is 1. The molecule has 3 amide bonds. The second-order valence-electron chi connectivity index (χ2n) is 19.5. The van der Waals surface area contributed by atoms with Gasteiger partial charge in [0.25, 0.3) is 0 Å². The number of hydrogen-bond acceptors (Lipinski definition) is 15. The predicted molar refractivity (Wildman–Crippen MR) is 257 cm³/mol. The van der Waals surface area contributed by atoms with E-state index in [1.807, 2.05) is 87.9 Å². The van der Waals surface area contributed by atoms with Crippen LogP contribution in [0.4, 0.5) is 17.3 Å². The lowest BCUT2D eigenvalue weighted by Gasteiger charge is -2.43. The maximum Gasteiger partial charge on any atom is 0.246 e. The number of aromatic hydroxyl groups is 1. The standard InChI is InChI=1S/C49H60N12O5S/c1-29-43(67-28-53-29)31-11-9-30(10-12-31)23-52-47(65)39-21-35(62)26-60(39)48(66)44(49(2,3)4)55-42(64)27-58-19-16-32(17-20-58)46-51-18-15-41(54-46)61-33-13-14-34(61)25-59(24-33)38-22-37(56-57-45(38)50)36-7-5-6-8-40(36)63/h5-12,15,18,22,28,32-35,39,44,62-63H,13-14,16-17,19-21,23-27H2,1-4H3,(H2,50,57)(H,52,65)(H,55,64)/t33?,34?,35-,39+,44-/m1/s1. The van der Waals surface area contributed by atoms with Crippen molar-refractivity contribution in [3.63, 3.8) is 0 Å². The molecule has 2 bridgehead atoms. The molecule has 6 N–H and O–H groups in total. The number of aromatic nitrogens is 5. The van der Waals surface area contributed by atoms with E-state index in [0.717, 1.165) is 77.8 Å². The Labute approximate surface area is 394 Å². The third-order valence-corrected chi connectivity index (χ3v) is 14.7. The Morgan fingerprint density at radius 2 is 1.67 bits per heavy atom. The molecule has 352 valence electrons. The minimum Gasteiger partial charge on any atom is -0.507 e. The molecule has 7 heterocycles. The van der Waals surface area contributed by atoms with E-state index < -0.39 is 23.6 Å². The number of aryl methyl sites for hydroxylation is 1. The smallest absolute Gasteiger partial charge is 0.246 e. The van der Waals surface area contributed by atoms with Gasteiger partial charge in [-0.1, -0.05) is 57.2 Å². The summed E-state index contributed by atoms with van der Waals surface area (Å²) in [6.07, 6.45) is 4.73. The molecule has 0 aliphatic carbocycles. The summed E-state index contributed by atoms with van der Waals surface area (Å²) in [4.78, 5) is 65.1. The van der Waals surface area contributed by atoms with Crippen molar-refractivity contribution < 1.29 is 24.6 Å². The van der Waals surface area contributed by atoms with Gasteiger partial charge >= 0.3 is 0 Å². The fourth-order valence-corrected chi connectivity index (χ4v) is 11.0. The van der Waals surface area contributed by atoms with Gasteiger partial charge in [-0.25, -0.2) is 15.0 Å². The molecule has 0 radical (unpaired) electrons. The molecule has 67 heavy (non-hydrogen) atoms. The molecule has 3 aromatic heterocycles. The molecule has 4 saturated heterocycles. The number of nitrogens with one attached hydrogen (secondary N) is 2. The summed E-state index contributed by atoms with van der Waals surface area (Å²) in [5, 5.41) is 35.7. The zero-order valence-corrected chi connectivity index (χ0v) is 39.3. The fraction of sp³-hybridized carbons (Fsp3) is 0.469. The van der Waals surface area contributed by atoms with E-state index in [4.69, 9.17) is 15.7 Å². The van der Waals surface area contributed by atoms with E-state index in [1.165, 1.54) is 4.90 Å². The number of aliphatic hydroxyl groups excluding tert-OH is 1. The van der Waals surface area contributed by atoms with Crippen molar-refractivity contribution in [2.75, 3.05) is 54.8 Å². The summed E-state index contributed by atoms with van der Waals surface area (Å²) in [6, 6.07) is 17.6. The monoisotopic (exact) mass is 928 g/mol. The number of para-hydroxylation sites is 1. The van der Waals surface area contributed by atoms with Crippen LogP contribution in [0.15, 0.2) is 72.4 Å². The number of thiazole rings is 1. The highest BCUT2D eigenvalue weighted by molar-refractivity contribution is 7.13. The Morgan fingerprint density at radius 3 is 2.36 bits per heavy atom. The van der Waals surface area contributed by atoms with Gasteiger partial charge in [-0.3, -0.25) is 19.3 Å². The number of rotatable bonds is 12. The van der Waals surface area contributed by atoms with Crippen molar-refractivity contribution in [1.82, 2.24) is 45.6 Å². The number of hydrogen-bond donors (Lipinski definition) is 5. The predicted octanol–water partition coefficient (Wildman–Crippen LogP) is 4.50. The SMILES string of the molecule is Cc1ncsc1-c1ccc(CNC(=O)[C@@H]2C[C@@H](O)CN2C(=O)[C@@H](NC(=O)CN2CCC(c3nccc(N4C5CCC4CN(c4cc(-c6ccccc6O)nnc4N)C5)n3)CC2)C(C)(C)C)cc1. The van der Waals surface area contributed by atoms with Crippen molar-refractivity contribution in [2.45, 2.75) is 103 Å². The molecule has 4 aliphatic heterocycles. The quantitative estimate of drug-likeness (QED) is 0.116. The van der Waals surface area contributed by atoms with Crippen LogP contribution >= 0.6 is 11.3 Å². The van der Waals surface area contributed by atoms with Gasteiger partial charge in [0.05, 0.1) is 40.1 Å². The summed E-state index contributed by atoms with van der Waals surface area (Å²) < 4.78 is 0. The highest BCUT2D eigenvalue weighted by Gasteiger charge is 2.45. The van der Waals surface area contributed by atoms with E-state index in [2.05, 4.69) is 40.5 Å². The summed E-state index contributed by atoms with van der Waals surface area (Å²) in [6.45, 7) is 10.9. The van der Waals surface area contributed by atoms with Gasteiger partial charge in [0, 0.05) is 62.4 Å². The lowest BCUT2D eigenvalue weighted by molar-refractivity contribution is -0.144. The van der Waals surface area contributed by atoms with Gasteiger partial charge in [-0.15, -0.1) is 21.5 Å². The van der Waals surface area contributed by atoms with E-state index >= 15 is 0 Å². The number of carbonyl (C=O) groups is 3. The van der Waals surface area contributed by atoms with Gasteiger partial charge in [0.2, 0.25) is 17.7 Å². The number of piperidine rings is 1. The van der Waals surface area contributed by atoms with Crippen LogP contribution in [0.3, 0.4) is 0 Å². The van der Waals surface area contributed by atoms with Crippen molar-refractivity contribution in [3.05, 3.63) is 89.5 Å². The maximum atomic E-state index is 14.2. The summed E-state index contributed by atoms with van der Waals surface area (Å²) in [5.74, 6) is 1.37. The molecular formula is C49H60N12O5S. The van der Waals surface area contributed by atoms with Crippen LogP contribution < -0.4 is 26.2 Å². The average Bonchev–Trinajstić information content (AvgIpc) is 4.01. The Hall–Kier alpha value is -6.24. The van der Waals surface area contributed by atoms with Crippen molar-refractivity contribution >= 4 is 46.4 Å². The summed E-state index contributed by atoms with van der Waals surface area (Å²) in [7, 11) is 0. The highest BCUT2D eigenvalue weighted by Crippen LogP contribution is 2.39. The zero-order valence-electron chi connectivity index (χ0n) is 38.5. The minimum atomic E-state index is -0.908. The van der Waals surface area contributed by atoms with Crippen molar-refractivity contribution in [1.29, 1.82) is 0 Å². The molecule has 9 rings (SSSR count). The second kappa shape index (κ2) is 19.2. The van der Waals surface area contributed by atoms with Crippen LogP contribution in [0.2, 0.25) is 0 Å². The first-order valence-electron chi connectivity index (χ1n) is 23.2. The van der Waals surface area contributed by atoms with E-state index in [1.54, 1.807) is 23.5 Å². The van der Waals surface area contributed by atoms with Crippen LogP contribution in [0, 0.1) is 12.3 Å². The van der Waals surface area contributed by atoms with Crippen LogP contribution in [0.1, 0.15) is 75.9 Å². The number of benzene rings is 2. The number of phenols is 1. The van der Waals surface area contributed by atoms with Crippen LogP contribution in [-0.4, -0.2) is 132 Å². The topological polar surface area (TPSA) is 219 Å². The molecule has 2 unspecified atom stereocenters. The lowest BCUT2D eigenvalue weighted by atomic mass is 9.85. The minimum absolute atomic E-state index is 0.0116. The normalized spacial score (nSPS) is 21.7. The number of nitrogens with zero attached hydrogens (tertiary/aromatic N) is 9. The number of phenolic OH excluding ortho intramolecular Hbond substituents is 1. The molecule has 0 spiro atoms. The van der Waals surface area contributed by atoms with Crippen molar-refractivity contribution in [2.24, 2.45) is 5.41 Å². The third-order valence-electron chi connectivity index (χ3n) is 13.8. The van der Waals surface area contributed by atoms with Gasteiger partial charge in [0.15, 0.2) is 5.82 Å². The molecule has 4 aliphatic rings. The number of amides is 3. The first-order chi connectivity index (χ1) is 32.2. The van der Waals surface area contributed by atoms with Gasteiger partial charge in [0.1, 0.15) is 29.5 Å². The summed E-state index contributed by atoms with van der Waals surface area (Å²) >= 11 is 1.58. The number of nitrogens with two attached hydrogens (primary N) is 1. The summed E-state index contributed by atoms with van der Waals surface area (Å²) in [5.41, 5.74) is 12.5. The largest absolute Gasteiger partial charge is 0.507 e. The van der Waals surface area contributed by atoms with Gasteiger partial charge in [-0.05, 0) is 86.5 Å². The molecule has 5 aromatic rings. The number of anilines is 3. The van der Waals surface area contributed by atoms with Gasteiger partial charge < -0.3 is 41.3 Å². The Morgan fingerprint density at radius 1 is 0.940 bits per heavy atom. The average molecular weight is 929 g/mol. The fourth-order valence-electron chi connectivity index (χ4n) is 10.2. The molecule has 18 heteroatoms. The first-order valence-corrected chi connectivity index (χ1v) is 24.1. The van der Waals surface area contributed by atoms with E-state index in [9.17, 15) is 24.6 Å². The number of fused-ring (bicyclic) bond motifs is 2. The number of carbonyl (C=O) groups excluding carboxylic acids is 3. The Bertz CT molecular complexity index is 2580. The molecule has 0 saturated carbocycles. The highest BCUT2D eigenvalue weighted by atomic mass is 32.1. The number of nitrogen functional groups attached to an aromatic ring is 1. The molecular weight excluding hydrogens is 869 g/mol. The van der Waals surface area contributed by atoms with Gasteiger partial charge in [-0.2, -0.15) is 0 Å². The number of likely N-dealkylation sites (tertiary alicyclic amines) is 2. The first kappa shape index (κ1) is 45.9. The van der Waals surface area contributed by atoms with Crippen LogP contribution in [-0.2, 0) is 20.9 Å². The Balaban J connectivity index is 0.778. The molecule has 4 fully saturated rings. The van der Waals surface area contributed by atoms with E-state index in [0.29, 0.717) is 30.2 Å².